The van der Waals surface area contributed by atoms with Crippen LogP contribution in [-0.4, -0.2) is 22.1 Å². The highest BCUT2D eigenvalue weighted by atomic mass is 16.3. The van der Waals surface area contributed by atoms with Gasteiger partial charge in [0.2, 0.25) is 5.91 Å². The lowest BCUT2D eigenvalue weighted by molar-refractivity contribution is -0.127. The Bertz CT molecular complexity index is 439. The van der Waals surface area contributed by atoms with E-state index in [4.69, 9.17) is 0 Å². The number of pyridine rings is 1. The van der Waals surface area contributed by atoms with Crippen molar-refractivity contribution >= 4 is 5.91 Å². The van der Waals surface area contributed by atoms with Crippen LogP contribution in [0.4, 0.5) is 0 Å². The number of nitrogens with zero attached hydrogens (tertiary/aromatic N) is 1. The number of hydrogen-bond acceptors (Lipinski definition) is 3. The lowest BCUT2D eigenvalue weighted by Gasteiger charge is -2.24. The molecule has 1 fully saturated rings. The van der Waals surface area contributed by atoms with Crippen LogP contribution in [0.1, 0.15) is 42.6 Å². The Balaban J connectivity index is 1.89. The van der Waals surface area contributed by atoms with E-state index in [1.165, 1.54) is 0 Å². The van der Waals surface area contributed by atoms with Gasteiger partial charge in [-0.3, -0.25) is 9.78 Å². The van der Waals surface area contributed by atoms with Crippen molar-refractivity contribution < 1.29 is 9.90 Å². The van der Waals surface area contributed by atoms with Gasteiger partial charge in [-0.25, -0.2) is 0 Å². The average Bonchev–Trinajstić information content (AvgIpc) is 2.35. The summed E-state index contributed by atoms with van der Waals surface area (Å²) in [6, 6.07) is 3.98. The molecule has 1 amide bonds. The summed E-state index contributed by atoms with van der Waals surface area (Å²) in [5.74, 6) is 0.0265. The standard InChI is InChI=1S/C15H22N2O2/c1-10-6-12(7-11(2)17-10)9-16-15(19)13-4-3-5-14(18)8-13/h6-7,13-14,18H,3-5,8-9H2,1-2H3,(H,16,19)/t13-,14+/m0/s1. The molecule has 2 rings (SSSR count). The number of aliphatic hydroxyl groups excluding tert-OH is 1. The minimum Gasteiger partial charge on any atom is -0.393 e. The fourth-order valence-electron chi connectivity index (χ4n) is 2.76. The molecule has 1 heterocycles. The van der Waals surface area contributed by atoms with E-state index in [0.29, 0.717) is 13.0 Å². The largest absolute Gasteiger partial charge is 0.393 e. The van der Waals surface area contributed by atoms with Crippen LogP contribution in [0.2, 0.25) is 0 Å². The molecule has 4 heteroatoms. The van der Waals surface area contributed by atoms with Gasteiger partial charge in [-0.15, -0.1) is 0 Å². The zero-order valence-corrected chi connectivity index (χ0v) is 11.6. The summed E-state index contributed by atoms with van der Waals surface area (Å²) < 4.78 is 0. The summed E-state index contributed by atoms with van der Waals surface area (Å²) in [5.41, 5.74) is 3.02. The van der Waals surface area contributed by atoms with E-state index in [1.54, 1.807) is 0 Å². The zero-order chi connectivity index (χ0) is 13.8. The molecule has 0 unspecified atom stereocenters. The third kappa shape index (κ3) is 4.03. The van der Waals surface area contributed by atoms with E-state index in [2.05, 4.69) is 10.3 Å². The molecular formula is C15H22N2O2. The predicted molar refractivity (Wildman–Crippen MR) is 73.5 cm³/mol. The summed E-state index contributed by atoms with van der Waals surface area (Å²) in [6.45, 7) is 4.45. The van der Waals surface area contributed by atoms with Crippen molar-refractivity contribution in [2.45, 2.75) is 52.2 Å². The Labute approximate surface area is 114 Å². The number of rotatable bonds is 3. The topological polar surface area (TPSA) is 62.2 Å². The van der Waals surface area contributed by atoms with E-state index in [0.717, 1.165) is 36.2 Å². The van der Waals surface area contributed by atoms with Crippen LogP contribution in [0.15, 0.2) is 12.1 Å². The summed E-state index contributed by atoms with van der Waals surface area (Å²) >= 11 is 0. The van der Waals surface area contributed by atoms with Crippen molar-refractivity contribution in [3.63, 3.8) is 0 Å². The second kappa shape index (κ2) is 6.15. The molecule has 0 spiro atoms. The van der Waals surface area contributed by atoms with Crippen LogP contribution in [0, 0.1) is 19.8 Å². The summed E-state index contributed by atoms with van der Waals surface area (Å²) in [4.78, 5) is 16.4. The Kier molecular flexibility index (Phi) is 4.53. The van der Waals surface area contributed by atoms with Gasteiger partial charge in [0.25, 0.3) is 0 Å². The maximum atomic E-state index is 12.0. The van der Waals surface area contributed by atoms with Gasteiger partial charge in [0, 0.05) is 23.9 Å². The zero-order valence-electron chi connectivity index (χ0n) is 11.6. The number of aliphatic hydroxyl groups is 1. The maximum Gasteiger partial charge on any atom is 0.223 e. The summed E-state index contributed by atoms with van der Waals surface area (Å²) in [7, 11) is 0. The van der Waals surface area contributed by atoms with E-state index < -0.39 is 0 Å². The van der Waals surface area contributed by atoms with Crippen molar-refractivity contribution in [3.05, 3.63) is 29.1 Å². The van der Waals surface area contributed by atoms with Gasteiger partial charge in [-0.05, 0) is 50.8 Å². The molecule has 1 aromatic rings. The van der Waals surface area contributed by atoms with Crippen LogP contribution in [0.25, 0.3) is 0 Å². The van der Waals surface area contributed by atoms with Gasteiger partial charge in [-0.1, -0.05) is 6.42 Å². The third-order valence-electron chi connectivity index (χ3n) is 3.63. The van der Waals surface area contributed by atoms with E-state index in [1.807, 2.05) is 26.0 Å². The first kappa shape index (κ1) is 14.0. The van der Waals surface area contributed by atoms with Crippen molar-refractivity contribution in [1.29, 1.82) is 0 Å². The first-order valence-electron chi connectivity index (χ1n) is 6.94. The smallest absolute Gasteiger partial charge is 0.223 e. The molecule has 1 aromatic heterocycles. The average molecular weight is 262 g/mol. The lowest BCUT2D eigenvalue weighted by Crippen LogP contribution is -2.34. The second-order valence-corrected chi connectivity index (χ2v) is 5.49. The molecule has 1 aliphatic carbocycles. The van der Waals surface area contributed by atoms with E-state index in [-0.39, 0.29) is 17.9 Å². The van der Waals surface area contributed by atoms with Gasteiger partial charge in [0.05, 0.1) is 6.10 Å². The number of aryl methyl sites for hydroxylation is 2. The highest BCUT2D eigenvalue weighted by molar-refractivity contribution is 5.78. The fraction of sp³-hybridized carbons (Fsp3) is 0.600. The van der Waals surface area contributed by atoms with Crippen LogP contribution < -0.4 is 5.32 Å². The van der Waals surface area contributed by atoms with Crippen LogP contribution in [0.5, 0.6) is 0 Å². The first-order valence-corrected chi connectivity index (χ1v) is 6.94. The van der Waals surface area contributed by atoms with Crippen molar-refractivity contribution in [2.75, 3.05) is 0 Å². The molecule has 0 saturated heterocycles. The van der Waals surface area contributed by atoms with Crippen LogP contribution in [0.3, 0.4) is 0 Å². The van der Waals surface area contributed by atoms with E-state index >= 15 is 0 Å². The highest BCUT2D eigenvalue weighted by Gasteiger charge is 2.25. The van der Waals surface area contributed by atoms with Crippen molar-refractivity contribution in [2.24, 2.45) is 5.92 Å². The van der Waals surface area contributed by atoms with Gasteiger partial charge >= 0.3 is 0 Å². The second-order valence-electron chi connectivity index (χ2n) is 5.49. The number of carbonyl (C=O) groups is 1. The molecule has 2 atom stereocenters. The highest BCUT2D eigenvalue weighted by Crippen LogP contribution is 2.24. The Hall–Kier alpha value is -1.42. The molecule has 1 saturated carbocycles. The quantitative estimate of drug-likeness (QED) is 0.874. The van der Waals surface area contributed by atoms with Gasteiger partial charge in [-0.2, -0.15) is 0 Å². The van der Waals surface area contributed by atoms with Crippen molar-refractivity contribution in [3.8, 4) is 0 Å². The molecule has 0 bridgehead atoms. The Morgan fingerprint density at radius 1 is 1.37 bits per heavy atom. The number of nitrogens with one attached hydrogen (secondary N) is 1. The van der Waals surface area contributed by atoms with Gasteiger partial charge in [0.1, 0.15) is 0 Å². The SMILES string of the molecule is Cc1cc(CNC(=O)[C@H]2CCC[C@@H](O)C2)cc(C)n1. The molecular weight excluding hydrogens is 240 g/mol. The summed E-state index contributed by atoms with van der Waals surface area (Å²) in [5, 5.41) is 12.6. The Morgan fingerprint density at radius 3 is 2.68 bits per heavy atom. The fourth-order valence-corrected chi connectivity index (χ4v) is 2.76. The molecule has 0 aromatic carbocycles. The van der Waals surface area contributed by atoms with Crippen molar-refractivity contribution in [1.82, 2.24) is 10.3 Å². The summed E-state index contributed by atoms with van der Waals surface area (Å²) in [6.07, 6.45) is 2.94. The molecule has 104 valence electrons. The molecule has 0 radical (unpaired) electrons. The molecule has 4 nitrogen and oxygen atoms in total. The monoisotopic (exact) mass is 262 g/mol. The number of amides is 1. The first-order chi connectivity index (χ1) is 9.04. The molecule has 19 heavy (non-hydrogen) atoms. The Morgan fingerprint density at radius 2 is 2.05 bits per heavy atom. The normalized spacial score (nSPS) is 23.1. The molecule has 0 aliphatic heterocycles. The molecule has 1 aliphatic rings. The minimum absolute atomic E-state index is 0.0345. The third-order valence-corrected chi connectivity index (χ3v) is 3.63. The number of aromatic nitrogens is 1. The van der Waals surface area contributed by atoms with E-state index in [9.17, 15) is 9.90 Å². The number of hydrogen-bond donors (Lipinski definition) is 2. The lowest BCUT2D eigenvalue weighted by atomic mass is 9.86. The predicted octanol–water partition coefficient (Wildman–Crippen LogP) is 1.87. The van der Waals surface area contributed by atoms with Crippen LogP contribution >= 0.6 is 0 Å². The molecule has 2 N–H and O–H groups in total. The van der Waals surface area contributed by atoms with Gasteiger partial charge in [0.15, 0.2) is 0 Å². The van der Waals surface area contributed by atoms with Crippen LogP contribution in [-0.2, 0) is 11.3 Å². The maximum absolute atomic E-state index is 12.0. The van der Waals surface area contributed by atoms with Gasteiger partial charge < -0.3 is 10.4 Å². The minimum atomic E-state index is -0.310. The number of carbonyl (C=O) groups excluding carboxylic acids is 1.